The minimum absolute atomic E-state index is 0.101. The van der Waals surface area contributed by atoms with E-state index < -0.39 is 0 Å². The van der Waals surface area contributed by atoms with Gasteiger partial charge in [0.2, 0.25) is 11.8 Å². The maximum absolute atomic E-state index is 12.6. The Hall–Kier alpha value is -2.96. The summed E-state index contributed by atoms with van der Waals surface area (Å²) in [7, 11) is 0. The number of hydrogen-bond acceptors (Lipinski definition) is 4. The fraction of sp³-hybridized carbons (Fsp3) is 0.200. The van der Waals surface area contributed by atoms with Gasteiger partial charge in [0.15, 0.2) is 0 Å². The fourth-order valence-corrected chi connectivity index (χ4v) is 4.00. The van der Waals surface area contributed by atoms with Gasteiger partial charge in [-0.25, -0.2) is 0 Å². The molecule has 166 valence electrons. The fourth-order valence-electron chi connectivity index (χ4n) is 2.94. The first kappa shape index (κ1) is 23.7. The summed E-state index contributed by atoms with van der Waals surface area (Å²) in [4.78, 5) is 25.8. The van der Waals surface area contributed by atoms with Crippen LogP contribution in [0.25, 0.3) is 0 Å². The lowest BCUT2D eigenvalue weighted by Crippen LogP contribution is -2.22. The second kappa shape index (κ2) is 11.6. The highest BCUT2D eigenvalue weighted by Gasteiger charge is 2.15. The molecule has 2 amide bonds. The lowest BCUT2D eigenvalue weighted by molar-refractivity contribution is -0.116. The van der Waals surface area contributed by atoms with Gasteiger partial charge in [-0.1, -0.05) is 29.8 Å². The number of benzene rings is 3. The summed E-state index contributed by atoms with van der Waals surface area (Å²) in [6.45, 7) is 4.37. The van der Waals surface area contributed by atoms with Crippen LogP contribution in [0.3, 0.4) is 0 Å². The van der Waals surface area contributed by atoms with Crippen molar-refractivity contribution < 1.29 is 14.3 Å². The molecule has 0 aliphatic rings. The lowest BCUT2D eigenvalue weighted by atomic mass is 10.1. The third kappa shape index (κ3) is 7.32. The lowest BCUT2D eigenvalue weighted by Gasteiger charge is -2.13. The first-order valence-electron chi connectivity index (χ1n) is 10.3. The summed E-state index contributed by atoms with van der Waals surface area (Å²) in [6, 6.07) is 22.0. The molecule has 1 atom stereocenters. The molecule has 7 heteroatoms. The molecule has 0 heterocycles. The number of hydrogen-bond donors (Lipinski definition) is 2. The zero-order valence-corrected chi connectivity index (χ0v) is 19.5. The molecule has 0 aromatic heterocycles. The molecule has 0 fully saturated rings. The highest BCUT2D eigenvalue weighted by molar-refractivity contribution is 8.00. The topological polar surface area (TPSA) is 67.4 Å². The van der Waals surface area contributed by atoms with Crippen molar-refractivity contribution in [3.63, 3.8) is 0 Å². The maximum atomic E-state index is 12.6. The van der Waals surface area contributed by atoms with Crippen molar-refractivity contribution in [3.05, 3.63) is 83.4 Å². The Labute approximate surface area is 197 Å². The van der Waals surface area contributed by atoms with Gasteiger partial charge in [-0.15, -0.1) is 11.8 Å². The Morgan fingerprint density at radius 3 is 2.38 bits per heavy atom. The van der Waals surface area contributed by atoms with E-state index in [9.17, 15) is 9.59 Å². The molecule has 5 nitrogen and oxygen atoms in total. The largest absolute Gasteiger partial charge is 0.494 e. The molecule has 0 aliphatic carbocycles. The van der Waals surface area contributed by atoms with Crippen molar-refractivity contribution in [3.8, 4) is 5.75 Å². The van der Waals surface area contributed by atoms with Crippen molar-refractivity contribution in [1.29, 1.82) is 0 Å². The average molecular weight is 469 g/mol. The number of nitrogens with one attached hydrogen (secondary N) is 2. The van der Waals surface area contributed by atoms with Crippen molar-refractivity contribution in [1.82, 2.24) is 0 Å². The predicted molar refractivity (Wildman–Crippen MR) is 132 cm³/mol. The van der Waals surface area contributed by atoms with Crippen LogP contribution in [-0.4, -0.2) is 23.7 Å². The van der Waals surface area contributed by atoms with E-state index in [1.54, 1.807) is 12.1 Å². The Morgan fingerprint density at radius 1 is 0.969 bits per heavy atom. The van der Waals surface area contributed by atoms with Crippen molar-refractivity contribution in [2.45, 2.75) is 30.4 Å². The molecule has 0 spiro atoms. The van der Waals surface area contributed by atoms with Gasteiger partial charge in [0, 0.05) is 21.3 Å². The Balaban J connectivity index is 1.54. The Kier molecular flexibility index (Phi) is 8.59. The number of rotatable bonds is 9. The summed E-state index contributed by atoms with van der Waals surface area (Å²) >= 11 is 7.31. The minimum atomic E-state index is -0.318. The number of halogens is 1. The van der Waals surface area contributed by atoms with E-state index in [-0.39, 0.29) is 23.5 Å². The molecule has 3 rings (SSSR count). The number of carbonyl (C=O) groups is 2. The monoisotopic (exact) mass is 468 g/mol. The van der Waals surface area contributed by atoms with E-state index in [0.29, 0.717) is 23.0 Å². The maximum Gasteiger partial charge on any atom is 0.237 e. The molecule has 3 aromatic rings. The van der Waals surface area contributed by atoms with Gasteiger partial charge in [0.05, 0.1) is 18.3 Å². The van der Waals surface area contributed by atoms with E-state index in [4.69, 9.17) is 16.3 Å². The third-order valence-electron chi connectivity index (χ3n) is 4.51. The summed E-state index contributed by atoms with van der Waals surface area (Å²) in [5, 5.41) is 6.14. The SMILES string of the molecule is CCOc1ccc(NC(=O)C(C)Sc2cccc(NC(=O)Cc3ccc(Cl)cc3)c2)cc1. The van der Waals surface area contributed by atoms with Crippen LogP contribution in [0.5, 0.6) is 5.75 Å². The van der Waals surface area contributed by atoms with Crippen molar-refractivity contribution >= 4 is 46.6 Å². The Bertz CT molecular complexity index is 1060. The zero-order valence-electron chi connectivity index (χ0n) is 17.9. The van der Waals surface area contributed by atoms with Crippen LogP contribution in [0.4, 0.5) is 11.4 Å². The van der Waals surface area contributed by atoms with Gasteiger partial charge < -0.3 is 15.4 Å². The molecule has 32 heavy (non-hydrogen) atoms. The summed E-state index contributed by atoms with van der Waals surface area (Å²) in [5.74, 6) is 0.551. The molecule has 0 saturated heterocycles. The normalized spacial score (nSPS) is 11.5. The molecule has 2 N–H and O–H groups in total. The molecular weight excluding hydrogens is 444 g/mol. The molecule has 0 saturated carbocycles. The zero-order chi connectivity index (χ0) is 22.9. The molecule has 0 aliphatic heterocycles. The van der Waals surface area contributed by atoms with E-state index in [1.807, 2.05) is 74.5 Å². The smallest absolute Gasteiger partial charge is 0.237 e. The summed E-state index contributed by atoms with van der Waals surface area (Å²) in [5.41, 5.74) is 2.29. The average Bonchev–Trinajstić information content (AvgIpc) is 2.77. The highest BCUT2D eigenvalue weighted by Crippen LogP contribution is 2.27. The van der Waals surface area contributed by atoms with Crippen LogP contribution >= 0.6 is 23.4 Å². The summed E-state index contributed by atoms with van der Waals surface area (Å²) in [6.07, 6.45) is 0.259. The van der Waals surface area contributed by atoms with Crippen LogP contribution < -0.4 is 15.4 Å². The Morgan fingerprint density at radius 2 is 1.69 bits per heavy atom. The quantitative estimate of drug-likeness (QED) is 0.376. The van der Waals surface area contributed by atoms with E-state index in [2.05, 4.69) is 10.6 Å². The van der Waals surface area contributed by atoms with Crippen LogP contribution in [0.15, 0.2) is 77.7 Å². The van der Waals surface area contributed by atoms with Gasteiger partial charge >= 0.3 is 0 Å². The number of carbonyl (C=O) groups excluding carboxylic acids is 2. The van der Waals surface area contributed by atoms with Crippen molar-refractivity contribution in [2.75, 3.05) is 17.2 Å². The number of amides is 2. The molecular formula is C25H25ClN2O3S. The van der Waals surface area contributed by atoms with Gasteiger partial charge in [-0.2, -0.15) is 0 Å². The van der Waals surface area contributed by atoms with Crippen LogP contribution in [0, 0.1) is 0 Å². The van der Waals surface area contributed by atoms with Gasteiger partial charge in [-0.05, 0) is 74.0 Å². The van der Waals surface area contributed by atoms with Crippen molar-refractivity contribution in [2.24, 2.45) is 0 Å². The van der Waals surface area contributed by atoms with Crippen LogP contribution in [0.1, 0.15) is 19.4 Å². The van der Waals surface area contributed by atoms with E-state index in [1.165, 1.54) is 11.8 Å². The van der Waals surface area contributed by atoms with Gasteiger partial charge in [0.1, 0.15) is 5.75 Å². The first-order valence-corrected chi connectivity index (χ1v) is 11.5. The third-order valence-corrected chi connectivity index (χ3v) is 5.86. The summed E-state index contributed by atoms with van der Waals surface area (Å²) < 4.78 is 5.42. The second-order valence-corrected chi connectivity index (χ2v) is 8.94. The van der Waals surface area contributed by atoms with Crippen LogP contribution in [0.2, 0.25) is 5.02 Å². The van der Waals surface area contributed by atoms with Gasteiger partial charge in [-0.3, -0.25) is 9.59 Å². The highest BCUT2D eigenvalue weighted by atomic mass is 35.5. The standard InChI is InChI=1S/C25H25ClN2O3S/c1-3-31-22-13-11-20(12-14-22)28-25(30)17(2)32-23-6-4-5-21(16-23)27-24(29)15-18-7-9-19(26)10-8-18/h4-14,16-17H,3,15H2,1-2H3,(H,27,29)(H,28,30). The second-order valence-electron chi connectivity index (χ2n) is 7.09. The van der Waals surface area contributed by atoms with Gasteiger partial charge in [0.25, 0.3) is 0 Å². The predicted octanol–water partition coefficient (Wildman–Crippen LogP) is 6.04. The number of ether oxygens (including phenoxy) is 1. The molecule has 1 unspecified atom stereocenters. The molecule has 0 bridgehead atoms. The number of anilines is 2. The first-order chi connectivity index (χ1) is 15.4. The molecule has 3 aromatic carbocycles. The van der Waals surface area contributed by atoms with E-state index >= 15 is 0 Å². The van der Waals surface area contributed by atoms with Crippen LogP contribution in [-0.2, 0) is 16.0 Å². The number of thioether (sulfide) groups is 1. The van der Waals surface area contributed by atoms with E-state index in [0.717, 1.165) is 16.2 Å². The molecule has 0 radical (unpaired) electrons. The minimum Gasteiger partial charge on any atom is -0.494 e.